The van der Waals surface area contributed by atoms with E-state index in [2.05, 4.69) is 49.3 Å². The Labute approximate surface area is 120 Å². The molecule has 2 atom stereocenters. The maximum Gasteiger partial charge on any atom is 0.134 e. The average molecular weight is 272 g/mol. The lowest BCUT2D eigenvalue weighted by molar-refractivity contribution is 0.228. The van der Waals surface area contributed by atoms with Gasteiger partial charge in [0.25, 0.3) is 0 Å². The van der Waals surface area contributed by atoms with Crippen LogP contribution in [0.5, 0.6) is 0 Å². The molecule has 1 aliphatic rings. The van der Waals surface area contributed by atoms with Gasteiger partial charge in [0.1, 0.15) is 11.3 Å². The van der Waals surface area contributed by atoms with Crippen molar-refractivity contribution in [3.63, 3.8) is 0 Å². The van der Waals surface area contributed by atoms with Crippen molar-refractivity contribution >= 4 is 11.0 Å². The van der Waals surface area contributed by atoms with Crippen LogP contribution in [0.15, 0.2) is 28.7 Å². The van der Waals surface area contributed by atoms with Gasteiger partial charge in [0, 0.05) is 30.1 Å². The lowest BCUT2D eigenvalue weighted by Crippen LogP contribution is -2.31. The number of benzene rings is 1. The van der Waals surface area contributed by atoms with Crippen molar-refractivity contribution in [2.45, 2.75) is 38.8 Å². The largest absolute Gasteiger partial charge is 0.459 e. The fourth-order valence-corrected chi connectivity index (χ4v) is 3.36. The molecule has 1 fully saturated rings. The van der Waals surface area contributed by atoms with Crippen LogP contribution in [0, 0.1) is 0 Å². The molecule has 108 valence electrons. The highest BCUT2D eigenvalue weighted by Crippen LogP contribution is 2.34. The molecule has 2 unspecified atom stereocenters. The smallest absolute Gasteiger partial charge is 0.134 e. The normalized spacial score (nSPS) is 21.6. The summed E-state index contributed by atoms with van der Waals surface area (Å²) in [5, 5.41) is 4.66. The third-order valence-electron chi connectivity index (χ3n) is 4.64. The molecule has 0 saturated carbocycles. The molecular formula is C17H24N2O. The zero-order valence-corrected chi connectivity index (χ0v) is 12.6. The average Bonchev–Trinajstić information content (AvgIpc) is 3.10. The number of rotatable bonds is 4. The quantitative estimate of drug-likeness (QED) is 0.925. The van der Waals surface area contributed by atoms with Crippen LogP contribution in [-0.2, 0) is 6.42 Å². The van der Waals surface area contributed by atoms with Gasteiger partial charge in [-0.15, -0.1) is 0 Å². The Kier molecular flexibility index (Phi) is 3.81. The first-order chi connectivity index (χ1) is 9.74. The Balaban J connectivity index is 1.93. The van der Waals surface area contributed by atoms with Crippen LogP contribution in [0.25, 0.3) is 11.0 Å². The lowest BCUT2D eigenvalue weighted by Gasteiger charge is -2.23. The topological polar surface area (TPSA) is 28.4 Å². The molecule has 0 radical (unpaired) electrons. The third-order valence-corrected chi connectivity index (χ3v) is 4.64. The summed E-state index contributed by atoms with van der Waals surface area (Å²) < 4.78 is 6.17. The van der Waals surface area contributed by atoms with E-state index < -0.39 is 0 Å². The molecule has 3 heteroatoms. The van der Waals surface area contributed by atoms with E-state index in [0.29, 0.717) is 12.1 Å². The van der Waals surface area contributed by atoms with Gasteiger partial charge in [-0.3, -0.25) is 4.90 Å². The summed E-state index contributed by atoms with van der Waals surface area (Å²) in [6, 6.07) is 9.37. The van der Waals surface area contributed by atoms with Crippen LogP contribution >= 0.6 is 0 Å². The Morgan fingerprint density at radius 2 is 2.20 bits per heavy atom. The number of nitrogens with one attached hydrogen (secondary N) is 1. The maximum atomic E-state index is 6.17. The van der Waals surface area contributed by atoms with Crippen molar-refractivity contribution in [3.05, 3.63) is 35.6 Å². The minimum absolute atomic E-state index is 0.357. The predicted octanol–water partition coefficient (Wildman–Crippen LogP) is 3.35. The van der Waals surface area contributed by atoms with Gasteiger partial charge < -0.3 is 9.73 Å². The zero-order chi connectivity index (χ0) is 14.1. The Hall–Kier alpha value is -1.32. The second kappa shape index (κ2) is 5.58. The second-order valence-electron chi connectivity index (χ2n) is 5.74. The Bertz CT molecular complexity index is 590. The number of hydrogen-bond donors (Lipinski definition) is 1. The fraction of sp³-hybridized carbons (Fsp3) is 0.529. The summed E-state index contributed by atoms with van der Waals surface area (Å²) in [4.78, 5) is 2.53. The molecule has 3 rings (SSSR count). The Morgan fingerprint density at radius 1 is 1.40 bits per heavy atom. The molecule has 2 aromatic rings. The van der Waals surface area contributed by atoms with E-state index in [-0.39, 0.29) is 0 Å². The van der Waals surface area contributed by atoms with Crippen LogP contribution in [-0.4, -0.2) is 31.1 Å². The van der Waals surface area contributed by atoms with Crippen LogP contribution < -0.4 is 5.32 Å². The highest BCUT2D eigenvalue weighted by Gasteiger charge is 2.29. The first-order valence-electron chi connectivity index (χ1n) is 7.66. The third kappa shape index (κ3) is 2.25. The molecule has 20 heavy (non-hydrogen) atoms. The van der Waals surface area contributed by atoms with E-state index in [1.165, 1.54) is 17.4 Å². The van der Waals surface area contributed by atoms with E-state index in [1.54, 1.807) is 0 Å². The van der Waals surface area contributed by atoms with Gasteiger partial charge in [0.05, 0.1) is 6.04 Å². The summed E-state index contributed by atoms with van der Waals surface area (Å²) in [5.41, 5.74) is 2.40. The molecule has 1 aromatic carbocycles. The maximum absolute atomic E-state index is 6.17. The summed E-state index contributed by atoms with van der Waals surface area (Å²) in [5.74, 6) is 1.16. The summed E-state index contributed by atoms with van der Waals surface area (Å²) >= 11 is 0. The van der Waals surface area contributed by atoms with Crippen molar-refractivity contribution in [1.82, 2.24) is 10.2 Å². The molecule has 1 saturated heterocycles. The van der Waals surface area contributed by atoms with Crippen LogP contribution in [0.1, 0.15) is 37.6 Å². The molecule has 1 aliphatic heterocycles. The lowest BCUT2D eigenvalue weighted by atomic mass is 10.0. The van der Waals surface area contributed by atoms with Crippen LogP contribution in [0.2, 0.25) is 0 Å². The molecule has 0 aliphatic carbocycles. The number of likely N-dealkylation sites (tertiary alicyclic amines) is 1. The van der Waals surface area contributed by atoms with Gasteiger partial charge in [-0.25, -0.2) is 0 Å². The molecule has 1 aromatic heterocycles. The number of para-hydroxylation sites is 1. The first-order valence-corrected chi connectivity index (χ1v) is 7.66. The predicted molar refractivity (Wildman–Crippen MR) is 83.0 cm³/mol. The van der Waals surface area contributed by atoms with Crippen molar-refractivity contribution in [2.24, 2.45) is 0 Å². The number of aryl methyl sites for hydroxylation is 1. The van der Waals surface area contributed by atoms with Crippen molar-refractivity contribution in [1.29, 1.82) is 0 Å². The van der Waals surface area contributed by atoms with E-state index in [1.807, 2.05) is 6.07 Å². The van der Waals surface area contributed by atoms with Gasteiger partial charge in [-0.05, 0) is 32.9 Å². The van der Waals surface area contributed by atoms with E-state index in [0.717, 1.165) is 30.9 Å². The van der Waals surface area contributed by atoms with Crippen molar-refractivity contribution in [3.8, 4) is 0 Å². The second-order valence-corrected chi connectivity index (χ2v) is 5.74. The van der Waals surface area contributed by atoms with Gasteiger partial charge in [-0.2, -0.15) is 0 Å². The molecule has 0 bridgehead atoms. The van der Waals surface area contributed by atoms with E-state index in [9.17, 15) is 0 Å². The number of likely N-dealkylation sites (N-methyl/N-ethyl adjacent to an activating group) is 1. The summed E-state index contributed by atoms with van der Waals surface area (Å²) in [6.07, 6.45) is 2.25. The van der Waals surface area contributed by atoms with E-state index in [4.69, 9.17) is 4.42 Å². The Morgan fingerprint density at radius 3 is 2.90 bits per heavy atom. The number of hydrogen-bond acceptors (Lipinski definition) is 3. The van der Waals surface area contributed by atoms with Crippen molar-refractivity contribution < 1.29 is 4.42 Å². The fourth-order valence-electron chi connectivity index (χ4n) is 3.36. The first kappa shape index (κ1) is 13.7. The molecule has 0 amide bonds. The van der Waals surface area contributed by atoms with E-state index >= 15 is 0 Å². The number of nitrogens with zero attached hydrogens (tertiary/aromatic N) is 1. The van der Waals surface area contributed by atoms with Gasteiger partial charge >= 0.3 is 0 Å². The number of furan rings is 1. The summed E-state index contributed by atoms with van der Waals surface area (Å²) in [7, 11) is 2.05. The molecular weight excluding hydrogens is 248 g/mol. The standard InChI is InChI=1S/C17H24N2O/c1-4-14-15-7-5-6-8-16(15)20-17(14)12(2)19-10-9-13(11-19)18-3/h5-8,12-13,18H,4,9-11H2,1-3H3. The SMILES string of the molecule is CCc1c(C(C)N2CCC(NC)C2)oc2ccccc12. The monoisotopic (exact) mass is 272 g/mol. The summed E-state index contributed by atoms with van der Waals surface area (Å²) in [6.45, 7) is 6.74. The highest BCUT2D eigenvalue weighted by molar-refractivity contribution is 5.82. The molecule has 3 nitrogen and oxygen atoms in total. The molecule has 1 N–H and O–H groups in total. The molecule has 0 spiro atoms. The van der Waals surface area contributed by atoms with Gasteiger partial charge in [0.15, 0.2) is 0 Å². The minimum Gasteiger partial charge on any atom is -0.459 e. The van der Waals surface area contributed by atoms with Crippen LogP contribution in [0.3, 0.4) is 0 Å². The zero-order valence-electron chi connectivity index (χ0n) is 12.6. The molecule has 2 heterocycles. The van der Waals surface area contributed by atoms with Gasteiger partial charge in [0.2, 0.25) is 0 Å². The highest BCUT2D eigenvalue weighted by atomic mass is 16.3. The van der Waals surface area contributed by atoms with Gasteiger partial charge in [-0.1, -0.05) is 25.1 Å². The number of fused-ring (bicyclic) bond motifs is 1. The van der Waals surface area contributed by atoms with Crippen molar-refractivity contribution in [2.75, 3.05) is 20.1 Å². The minimum atomic E-state index is 0.357. The van der Waals surface area contributed by atoms with Crippen LogP contribution in [0.4, 0.5) is 0 Å².